The molecule has 3 aromatic carbocycles. The Balaban J connectivity index is 1.60. The highest BCUT2D eigenvalue weighted by molar-refractivity contribution is 7.80. The van der Waals surface area contributed by atoms with E-state index in [1.807, 2.05) is 30.3 Å². The van der Waals surface area contributed by atoms with Crippen molar-refractivity contribution in [1.29, 1.82) is 0 Å². The lowest BCUT2D eigenvalue weighted by Crippen LogP contribution is -2.45. The predicted octanol–water partition coefficient (Wildman–Crippen LogP) is 6.22. The van der Waals surface area contributed by atoms with E-state index in [9.17, 15) is 0 Å². The van der Waals surface area contributed by atoms with Gasteiger partial charge in [0.1, 0.15) is 0 Å². The van der Waals surface area contributed by atoms with Crippen molar-refractivity contribution < 1.29 is 4.52 Å². The predicted molar refractivity (Wildman–Crippen MR) is 139 cm³/mol. The van der Waals surface area contributed by atoms with Crippen LogP contribution in [-0.4, -0.2) is 20.2 Å². The molecule has 1 atom stereocenters. The van der Waals surface area contributed by atoms with Crippen LogP contribution in [0.2, 0.25) is 0 Å². The van der Waals surface area contributed by atoms with Crippen molar-refractivity contribution in [2.45, 2.75) is 33.4 Å². The van der Waals surface area contributed by atoms with Crippen LogP contribution < -0.4 is 5.32 Å². The van der Waals surface area contributed by atoms with Crippen molar-refractivity contribution in [3.05, 3.63) is 113 Å². The Morgan fingerprint density at radius 3 is 2.38 bits per heavy atom. The third kappa shape index (κ3) is 4.37. The number of allylic oxidation sites excluding steroid dienone is 1. The third-order valence-electron chi connectivity index (χ3n) is 6.09. The summed E-state index contributed by atoms with van der Waals surface area (Å²) in [5, 5.41) is 8.51. The average Bonchev–Trinajstić information content (AvgIpc) is 3.32. The molecule has 1 aliphatic rings. The number of rotatable bonds is 5. The molecular formula is C28H26N4OS. The monoisotopic (exact) mass is 466 g/mol. The summed E-state index contributed by atoms with van der Waals surface area (Å²) >= 11 is 5.83. The minimum atomic E-state index is -0.187. The highest BCUT2D eigenvalue weighted by atomic mass is 32.1. The molecule has 0 amide bonds. The molecule has 170 valence electrons. The highest BCUT2D eigenvalue weighted by Crippen LogP contribution is 2.38. The fraction of sp³-hybridized carbons (Fsp3) is 0.179. The molecule has 34 heavy (non-hydrogen) atoms. The summed E-state index contributed by atoms with van der Waals surface area (Å²) < 4.78 is 5.84. The minimum Gasteiger partial charge on any atom is -0.351 e. The van der Waals surface area contributed by atoms with E-state index in [1.165, 1.54) is 11.1 Å². The summed E-state index contributed by atoms with van der Waals surface area (Å²) in [5.41, 5.74) is 7.50. The molecule has 4 aromatic rings. The van der Waals surface area contributed by atoms with Crippen LogP contribution in [0.25, 0.3) is 17.0 Å². The fourth-order valence-corrected chi connectivity index (χ4v) is 4.69. The van der Waals surface area contributed by atoms with Crippen LogP contribution in [0.3, 0.4) is 0 Å². The SMILES string of the molecule is CC1=C(c2nc(-c3cccc(C)c3)no2)C(c2ccccc2)NC(=S)N1Cc1cccc(C)c1. The van der Waals surface area contributed by atoms with Gasteiger partial charge >= 0.3 is 0 Å². The molecule has 0 fully saturated rings. The van der Waals surface area contributed by atoms with E-state index in [0.29, 0.717) is 23.4 Å². The summed E-state index contributed by atoms with van der Waals surface area (Å²) in [6.07, 6.45) is 0. The van der Waals surface area contributed by atoms with E-state index in [0.717, 1.165) is 28.0 Å². The Kier molecular flexibility index (Phi) is 5.99. The van der Waals surface area contributed by atoms with Crippen LogP contribution in [0.5, 0.6) is 0 Å². The molecule has 1 aromatic heterocycles. The van der Waals surface area contributed by atoms with Crippen LogP contribution in [-0.2, 0) is 6.54 Å². The molecular weight excluding hydrogens is 440 g/mol. The molecule has 5 nitrogen and oxygen atoms in total. The zero-order chi connectivity index (χ0) is 23.7. The normalized spacial score (nSPS) is 16.0. The second kappa shape index (κ2) is 9.23. The quantitative estimate of drug-likeness (QED) is 0.353. The molecule has 2 heterocycles. The second-order valence-corrected chi connectivity index (χ2v) is 9.05. The van der Waals surface area contributed by atoms with Crippen molar-refractivity contribution in [3.8, 4) is 11.4 Å². The van der Waals surface area contributed by atoms with Crippen molar-refractivity contribution in [2.75, 3.05) is 0 Å². The number of aryl methyl sites for hydroxylation is 2. The van der Waals surface area contributed by atoms with Crippen LogP contribution in [0.4, 0.5) is 0 Å². The topological polar surface area (TPSA) is 54.2 Å². The Hall–Kier alpha value is -3.77. The van der Waals surface area contributed by atoms with Gasteiger partial charge in [0.05, 0.1) is 11.6 Å². The zero-order valence-corrected chi connectivity index (χ0v) is 20.3. The van der Waals surface area contributed by atoms with Crippen LogP contribution in [0.1, 0.15) is 41.1 Å². The van der Waals surface area contributed by atoms with Crippen molar-refractivity contribution in [2.24, 2.45) is 0 Å². The van der Waals surface area contributed by atoms with Gasteiger partial charge in [0.15, 0.2) is 5.11 Å². The number of benzene rings is 3. The van der Waals surface area contributed by atoms with E-state index in [1.54, 1.807) is 0 Å². The maximum atomic E-state index is 5.84. The van der Waals surface area contributed by atoms with Gasteiger partial charge in [0, 0.05) is 17.8 Å². The van der Waals surface area contributed by atoms with E-state index < -0.39 is 0 Å². The molecule has 1 N–H and O–H groups in total. The Morgan fingerprint density at radius 1 is 0.912 bits per heavy atom. The van der Waals surface area contributed by atoms with Crippen molar-refractivity contribution >= 4 is 22.9 Å². The van der Waals surface area contributed by atoms with Gasteiger partial charge in [-0.25, -0.2) is 0 Å². The molecule has 0 radical (unpaired) electrons. The number of aromatic nitrogens is 2. The van der Waals surface area contributed by atoms with Gasteiger partial charge in [-0.3, -0.25) is 0 Å². The first-order valence-corrected chi connectivity index (χ1v) is 11.7. The first kappa shape index (κ1) is 22.0. The molecule has 1 unspecified atom stereocenters. The summed E-state index contributed by atoms with van der Waals surface area (Å²) in [6, 6.07) is 26.6. The molecule has 0 bridgehead atoms. The first-order valence-electron chi connectivity index (χ1n) is 11.3. The fourth-order valence-electron chi connectivity index (χ4n) is 4.37. The van der Waals surface area contributed by atoms with E-state index in [4.69, 9.17) is 21.7 Å². The summed E-state index contributed by atoms with van der Waals surface area (Å²) in [4.78, 5) is 6.91. The Bertz CT molecular complexity index is 1380. The largest absolute Gasteiger partial charge is 0.351 e. The van der Waals surface area contributed by atoms with E-state index in [-0.39, 0.29) is 6.04 Å². The van der Waals surface area contributed by atoms with E-state index >= 15 is 0 Å². The molecule has 1 aliphatic heterocycles. The number of nitrogens with zero attached hydrogens (tertiary/aromatic N) is 3. The maximum Gasteiger partial charge on any atom is 0.258 e. The number of thiocarbonyl (C=S) groups is 1. The zero-order valence-electron chi connectivity index (χ0n) is 19.4. The molecule has 0 aliphatic carbocycles. The second-order valence-electron chi connectivity index (χ2n) is 8.66. The lowest BCUT2D eigenvalue weighted by molar-refractivity contribution is 0.396. The first-order chi connectivity index (χ1) is 16.5. The van der Waals surface area contributed by atoms with E-state index in [2.05, 4.69) is 84.7 Å². The number of hydrogen-bond acceptors (Lipinski definition) is 4. The van der Waals surface area contributed by atoms with Crippen molar-refractivity contribution in [3.63, 3.8) is 0 Å². The molecule has 6 heteroatoms. The van der Waals surface area contributed by atoms with Crippen LogP contribution in [0.15, 0.2) is 89.1 Å². The molecule has 0 spiro atoms. The number of hydrogen-bond donors (Lipinski definition) is 1. The summed E-state index contributed by atoms with van der Waals surface area (Å²) in [5.74, 6) is 1.07. The van der Waals surface area contributed by atoms with Gasteiger partial charge in [-0.05, 0) is 50.2 Å². The van der Waals surface area contributed by atoms with Gasteiger partial charge in [-0.1, -0.05) is 89.1 Å². The summed E-state index contributed by atoms with van der Waals surface area (Å²) in [7, 11) is 0. The average molecular weight is 467 g/mol. The van der Waals surface area contributed by atoms with Gasteiger partial charge in [-0.2, -0.15) is 4.98 Å². The van der Waals surface area contributed by atoms with Gasteiger partial charge in [0.2, 0.25) is 5.82 Å². The Morgan fingerprint density at radius 2 is 1.65 bits per heavy atom. The Labute approximate surface area is 205 Å². The van der Waals surface area contributed by atoms with Crippen molar-refractivity contribution in [1.82, 2.24) is 20.4 Å². The maximum absolute atomic E-state index is 5.84. The van der Waals surface area contributed by atoms with Gasteiger partial charge < -0.3 is 14.7 Å². The van der Waals surface area contributed by atoms with Gasteiger partial charge in [-0.15, -0.1) is 0 Å². The third-order valence-corrected chi connectivity index (χ3v) is 6.42. The molecule has 5 rings (SSSR count). The standard InChI is InChI=1S/C28H26N4OS/c1-18-9-7-11-21(15-18)17-32-20(3)24(25(29-28(32)34)22-12-5-4-6-13-22)27-30-26(31-33-27)23-14-8-10-19(2)16-23/h4-16,25H,17H2,1-3H3,(H,29,34). The number of nitrogens with one attached hydrogen (secondary N) is 1. The smallest absolute Gasteiger partial charge is 0.258 e. The highest BCUT2D eigenvalue weighted by Gasteiger charge is 2.34. The van der Waals surface area contributed by atoms with Crippen LogP contribution in [0, 0.1) is 13.8 Å². The minimum absolute atomic E-state index is 0.187. The van der Waals surface area contributed by atoms with Crippen LogP contribution >= 0.6 is 12.2 Å². The lowest BCUT2D eigenvalue weighted by Gasteiger charge is -2.37. The lowest BCUT2D eigenvalue weighted by atomic mass is 9.94. The molecule has 0 saturated heterocycles. The molecule has 0 saturated carbocycles. The van der Waals surface area contributed by atoms with Gasteiger partial charge in [0.25, 0.3) is 5.89 Å². The summed E-state index contributed by atoms with van der Waals surface area (Å²) in [6.45, 7) is 6.88.